The van der Waals surface area contributed by atoms with Crippen LogP contribution < -0.4 is 15.4 Å². The zero-order valence-corrected chi connectivity index (χ0v) is 11.6. The van der Waals surface area contributed by atoms with Gasteiger partial charge in [-0.25, -0.2) is 0 Å². The molecule has 1 amide bonds. The number of benzene rings is 1. The van der Waals surface area contributed by atoms with Crippen LogP contribution >= 0.6 is 0 Å². The lowest BCUT2D eigenvalue weighted by Crippen LogP contribution is -2.49. The van der Waals surface area contributed by atoms with Gasteiger partial charge in [0.25, 0.3) is 0 Å². The van der Waals surface area contributed by atoms with Gasteiger partial charge in [0.1, 0.15) is 5.75 Å². The summed E-state index contributed by atoms with van der Waals surface area (Å²) in [4.78, 5) is 12.1. The van der Waals surface area contributed by atoms with Gasteiger partial charge in [0, 0.05) is 12.6 Å². The molecule has 2 rings (SSSR count). The average molecular weight is 262 g/mol. The predicted molar refractivity (Wildman–Crippen MR) is 75.1 cm³/mol. The van der Waals surface area contributed by atoms with Gasteiger partial charge in [-0.15, -0.1) is 0 Å². The summed E-state index contributed by atoms with van der Waals surface area (Å²) < 4.78 is 5.17. The van der Waals surface area contributed by atoms with Crippen molar-refractivity contribution in [3.63, 3.8) is 0 Å². The summed E-state index contributed by atoms with van der Waals surface area (Å²) in [6, 6.07) is 8.14. The van der Waals surface area contributed by atoms with E-state index in [-0.39, 0.29) is 11.9 Å². The van der Waals surface area contributed by atoms with Crippen molar-refractivity contribution in [1.82, 2.24) is 10.6 Å². The van der Waals surface area contributed by atoms with Gasteiger partial charge < -0.3 is 15.4 Å². The Morgan fingerprint density at radius 3 is 3.05 bits per heavy atom. The van der Waals surface area contributed by atoms with Crippen LogP contribution in [0.15, 0.2) is 24.3 Å². The van der Waals surface area contributed by atoms with Gasteiger partial charge in [-0.3, -0.25) is 4.79 Å². The molecule has 0 spiro atoms. The van der Waals surface area contributed by atoms with E-state index >= 15 is 0 Å². The number of nitrogens with one attached hydrogen (secondary N) is 2. The van der Waals surface area contributed by atoms with Gasteiger partial charge in [0.2, 0.25) is 5.91 Å². The van der Waals surface area contributed by atoms with Crippen LogP contribution in [0.3, 0.4) is 0 Å². The van der Waals surface area contributed by atoms with Crippen LogP contribution in [-0.4, -0.2) is 25.1 Å². The summed E-state index contributed by atoms with van der Waals surface area (Å²) in [6.45, 7) is 2.67. The first-order valence-corrected chi connectivity index (χ1v) is 6.85. The Labute approximate surface area is 114 Å². The molecule has 1 saturated heterocycles. The maximum absolute atomic E-state index is 12.1. The fourth-order valence-corrected chi connectivity index (χ4v) is 2.44. The van der Waals surface area contributed by atoms with Crippen LogP contribution in [0.25, 0.3) is 0 Å². The molecule has 1 aromatic carbocycles. The fourth-order valence-electron chi connectivity index (χ4n) is 2.44. The zero-order valence-electron chi connectivity index (χ0n) is 11.6. The van der Waals surface area contributed by atoms with Crippen LogP contribution in [0.1, 0.15) is 31.7 Å². The molecule has 4 heteroatoms. The minimum Gasteiger partial charge on any atom is -0.497 e. The third-order valence-corrected chi connectivity index (χ3v) is 3.53. The number of hydrogen-bond donors (Lipinski definition) is 2. The third kappa shape index (κ3) is 3.96. The predicted octanol–water partition coefficient (Wildman–Crippen LogP) is 1.84. The SMILES string of the molecule is COc1cccc(CNC(=O)C2CCCC(C)N2)c1. The van der Waals surface area contributed by atoms with Gasteiger partial charge in [-0.2, -0.15) is 0 Å². The van der Waals surface area contributed by atoms with Crippen molar-refractivity contribution in [2.75, 3.05) is 7.11 Å². The number of ether oxygens (including phenoxy) is 1. The second-order valence-corrected chi connectivity index (χ2v) is 5.12. The van der Waals surface area contributed by atoms with E-state index in [0.29, 0.717) is 12.6 Å². The largest absolute Gasteiger partial charge is 0.497 e. The zero-order chi connectivity index (χ0) is 13.7. The molecular weight excluding hydrogens is 240 g/mol. The maximum atomic E-state index is 12.1. The van der Waals surface area contributed by atoms with Crippen molar-refractivity contribution in [3.05, 3.63) is 29.8 Å². The molecule has 1 aromatic rings. The molecule has 2 N–H and O–H groups in total. The Kier molecular flexibility index (Phi) is 4.80. The van der Waals surface area contributed by atoms with Crippen LogP contribution in [-0.2, 0) is 11.3 Å². The normalized spacial score (nSPS) is 22.8. The van der Waals surface area contributed by atoms with Crippen molar-refractivity contribution in [2.24, 2.45) is 0 Å². The average Bonchev–Trinajstić information content (AvgIpc) is 2.45. The Morgan fingerprint density at radius 2 is 2.32 bits per heavy atom. The summed E-state index contributed by atoms with van der Waals surface area (Å²) in [5.74, 6) is 0.908. The second-order valence-electron chi connectivity index (χ2n) is 5.12. The molecule has 0 aromatic heterocycles. The molecule has 4 nitrogen and oxygen atoms in total. The minimum atomic E-state index is -0.0469. The molecular formula is C15H22N2O2. The van der Waals surface area contributed by atoms with Gasteiger partial charge in [-0.05, 0) is 43.9 Å². The number of carbonyl (C=O) groups is 1. The Morgan fingerprint density at radius 1 is 1.47 bits per heavy atom. The standard InChI is InChI=1S/C15H22N2O2/c1-11-5-3-8-14(17-11)15(18)16-10-12-6-4-7-13(9-12)19-2/h4,6-7,9,11,14,17H,3,5,8,10H2,1-2H3,(H,16,18). The summed E-state index contributed by atoms with van der Waals surface area (Å²) in [7, 11) is 1.64. The number of piperidine rings is 1. The number of hydrogen-bond acceptors (Lipinski definition) is 3. The molecule has 0 bridgehead atoms. The number of methoxy groups -OCH3 is 1. The van der Waals surface area contributed by atoms with Crippen molar-refractivity contribution >= 4 is 5.91 Å². The smallest absolute Gasteiger partial charge is 0.237 e. The highest BCUT2D eigenvalue weighted by Crippen LogP contribution is 2.14. The lowest BCUT2D eigenvalue weighted by atomic mass is 9.99. The lowest BCUT2D eigenvalue weighted by Gasteiger charge is -2.27. The molecule has 1 fully saturated rings. The van der Waals surface area contributed by atoms with Crippen LogP contribution in [0.5, 0.6) is 5.75 Å². The highest BCUT2D eigenvalue weighted by Gasteiger charge is 2.23. The molecule has 0 aliphatic carbocycles. The molecule has 2 unspecified atom stereocenters. The number of rotatable bonds is 4. The van der Waals surface area contributed by atoms with Crippen molar-refractivity contribution in [1.29, 1.82) is 0 Å². The van der Waals surface area contributed by atoms with E-state index in [2.05, 4.69) is 17.6 Å². The van der Waals surface area contributed by atoms with Gasteiger partial charge in [-0.1, -0.05) is 12.1 Å². The van der Waals surface area contributed by atoms with Crippen molar-refractivity contribution in [2.45, 2.75) is 44.8 Å². The maximum Gasteiger partial charge on any atom is 0.237 e. The van der Waals surface area contributed by atoms with Crippen LogP contribution in [0, 0.1) is 0 Å². The molecule has 1 aliphatic rings. The molecule has 0 saturated carbocycles. The number of carbonyl (C=O) groups excluding carboxylic acids is 1. The van der Waals surface area contributed by atoms with E-state index in [1.165, 1.54) is 0 Å². The van der Waals surface area contributed by atoms with E-state index in [1.54, 1.807) is 7.11 Å². The molecule has 1 heterocycles. The monoisotopic (exact) mass is 262 g/mol. The molecule has 2 atom stereocenters. The Balaban J connectivity index is 1.85. The first-order valence-electron chi connectivity index (χ1n) is 6.85. The molecule has 1 aliphatic heterocycles. The topological polar surface area (TPSA) is 50.4 Å². The van der Waals surface area contributed by atoms with E-state index < -0.39 is 0 Å². The summed E-state index contributed by atoms with van der Waals surface area (Å²) in [6.07, 6.45) is 3.19. The van der Waals surface area contributed by atoms with E-state index in [9.17, 15) is 4.79 Å². The van der Waals surface area contributed by atoms with E-state index in [0.717, 1.165) is 30.6 Å². The Bertz CT molecular complexity index is 434. The first kappa shape index (κ1) is 13.9. The third-order valence-electron chi connectivity index (χ3n) is 3.53. The van der Waals surface area contributed by atoms with E-state index in [4.69, 9.17) is 4.74 Å². The molecule has 104 valence electrons. The van der Waals surface area contributed by atoms with Gasteiger partial charge in [0.15, 0.2) is 0 Å². The van der Waals surface area contributed by atoms with Gasteiger partial charge >= 0.3 is 0 Å². The second kappa shape index (κ2) is 6.57. The van der Waals surface area contributed by atoms with Crippen molar-refractivity contribution in [3.8, 4) is 5.75 Å². The van der Waals surface area contributed by atoms with Crippen LogP contribution in [0.4, 0.5) is 0 Å². The highest BCUT2D eigenvalue weighted by atomic mass is 16.5. The summed E-state index contributed by atoms with van der Waals surface area (Å²) >= 11 is 0. The molecule has 0 radical (unpaired) electrons. The number of amides is 1. The lowest BCUT2D eigenvalue weighted by molar-refractivity contribution is -0.124. The summed E-state index contributed by atoms with van der Waals surface area (Å²) in [5.41, 5.74) is 1.05. The summed E-state index contributed by atoms with van der Waals surface area (Å²) in [5, 5.41) is 6.32. The fraction of sp³-hybridized carbons (Fsp3) is 0.533. The van der Waals surface area contributed by atoms with Crippen molar-refractivity contribution < 1.29 is 9.53 Å². The van der Waals surface area contributed by atoms with Crippen LogP contribution in [0.2, 0.25) is 0 Å². The van der Waals surface area contributed by atoms with E-state index in [1.807, 2.05) is 24.3 Å². The van der Waals surface area contributed by atoms with Gasteiger partial charge in [0.05, 0.1) is 13.2 Å². The first-order chi connectivity index (χ1) is 9.19. The minimum absolute atomic E-state index is 0.0469. The quantitative estimate of drug-likeness (QED) is 0.870. The molecule has 19 heavy (non-hydrogen) atoms. The highest BCUT2D eigenvalue weighted by molar-refractivity contribution is 5.81. The Hall–Kier alpha value is -1.55.